The second kappa shape index (κ2) is 36.4. The van der Waals surface area contributed by atoms with Gasteiger partial charge in [-0.25, -0.2) is 9.47 Å². The first-order valence-corrected chi connectivity index (χ1v) is 31.8. The second-order valence-corrected chi connectivity index (χ2v) is 23.0. The standard InChI is InChI=1S/C22H18N2.C22H17N2.C21H14NO.C21H14NS.4Pt/c1-23-17-24(21-10-6-3-7-11-21)16-22(23)20-14-12-19(13-15-20)18-8-4-2-5-9-18;1-24-22(16-21(23-24)19-10-6-3-7-11-19)20-14-12-18(13-15-20)17-8-4-2-5-9-17;2*1-3-7-16(8-4-1)17-11-13-19(14-12-17)21-15-20(22-23-21)18-9-5-2-6-10-18;;;;/h2-10,12-17H,1H3;2-10,12-16H,1H3;2*1-9,11-15H;;;;/q-2;3*-1;;3*+2. The summed E-state index contributed by atoms with van der Waals surface area (Å²) in [5.74, 6) is 0.761. The van der Waals surface area contributed by atoms with Gasteiger partial charge in [0.2, 0.25) is 0 Å². The van der Waals surface area contributed by atoms with E-state index in [1.165, 1.54) is 77.7 Å². The molecule has 0 radical (unpaired) electrons. The minimum atomic E-state index is 0. The molecule has 0 unspecified atom stereocenters. The molecule has 98 heavy (non-hydrogen) atoms. The van der Waals surface area contributed by atoms with Gasteiger partial charge in [0, 0.05) is 61.3 Å². The molecule has 488 valence electrons. The van der Waals surface area contributed by atoms with Crippen LogP contribution in [0.2, 0.25) is 0 Å². The first-order chi connectivity index (χ1) is 46.4. The fourth-order valence-electron chi connectivity index (χ4n) is 10.9. The Bertz CT molecular complexity index is 4680. The molecular formula is C86H63N6OPt4S+. The molecule has 0 amide bonds. The normalized spacial score (nSPS) is 11.0. The summed E-state index contributed by atoms with van der Waals surface area (Å²) in [6.45, 7) is 2.08. The van der Waals surface area contributed by atoms with Gasteiger partial charge in [0.05, 0.1) is 5.69 Å². The van der Waals surface area contributed by atoms with Crippen LogP contribution in [0.4, 0.5) is 5.69 Å². The van der Waals surface area contributed by atoms with Gasteiger partial charge in [-0.15, -0.1) is 119 Å². The number of para-hydroxylation sites is 1. The van der Waals surface area contributed by atoms with Crippen LogP contribution in [0.1, 0.15) is 5.56 Å². The Labute approximate surface area is 636 Å². The maximum atomic E-state index is 5.48. The number of benzene rings is 12. The second-order valence-electron chi connectivity index (χ2n) is 22.2. The Morgan fingerprint density at radius 2 is 0.735 bits per heavy atom. The van der Waals surface area contributed by atoms with Crippen LogP contribution < -0.4 is 4.90 Å². The van der Waals surface area contributed by atoms with Gasteiger partial charge in [-0.1, -0.05) is 231 Å². The van der Waals surface area contributed by atoms with Gasteiger partial charge < -0.3 is 14.3 Å². The van der Waals surface area contributed by atoms with Crippen LogP contribution in [0.25, 0.3) is 117 Å². The third-order valence-corrected chi connectivity index (χ3v) is 16.7. The smallest absolute Gasteiger partial charge is 0.504 e. The Kier molecular flexibility index (Phi) is 27.1. The number of nitrogens with zero attached hydrogens (tertiary/aromatic N) is 6. The van der Waals surface area contributed by atoms with Crippen LogP contribution in [0.3, 0.4) is 0 Å². The number of rotatable bonds is 12. The van der Waals surface area contributed by atoms with Crippen LogP contribution in [0.15, 0.2) is 344 Å². The number of hydrogen-bond donors (Lipinski definition) is 0. The van der Waals surface area contributed by atoms with Gasteiger partial charge in [0.1, 0.15) is 0 Å². The van der Waals surface area contributed by atoms with Gasteiger partial charge in [0.25, 0.3) is 0 Å². The first-order valence-electron chi connectivity index (χ1n) is 31.0. The molecule has 16 rings (SSSR count). The third-order valence-electron chi connectivity index (χ3n) is 15.9. The minimum Gasteiger partial charge on any atom is -0.504 e. The maximum absolute atomic E-state index is 5.48. The van der Waals surface area contributed by atoms with E-state index in [0.29, 0.717) is 0 Å². The van der Waals surface area contributed by atoms with E-state index in [2.05, 4.69) is 269 Å². The Hall–Kier alpha value is -9.22. The SMILES string of the molecule is CN1[CH-]N(c2[c-]cccc2)C=C1c1ccc(-c2ccccc2)cc1.Cn1nc(-c2[c-]cccc2)cc1-c1ccc(-c2ccccc2)cc1.[Pt+2].[Pt+2].[Pt+2].[Pt].[c-]1ccccc1-c1cc(-c2ccc(-c3ccccc3)cc2)on1.[c-]1ccccc1-c1cc(-c2ccc(-c3ccccc3)cc2)sn1. The number of anilines is 1. The van der Waals surface area contributed by atoms with Gasteiger partial charge in [-0.05, 0) is 92.0 Å². The van der Waals surface area contributed by atoms with Crippen molar-refractivity contribution >= 4 is 22.9 Å². The molecule has 0 saturated heterocycles. The molecule has 0 saturated carbocycles. The van der Waals surface area contributed by atoms with E-state index >= 15 is 0 Å². The van der Waals surface area contributed by atoms with Gasteiger partial charge in [0.15, 0.2) is 5.76 Å². The van der Waals surface area contributed by atoms with E-state index in [1.807, 2.05) is 145 Å². The van der Waals surface area contributed by atoms with Gasteiger partial charge in [-0.2, -0.15) is 37.0 Å². The van der Waals surface area contributed by atoms with Crippen LogP contribution in [-0.4, -0.2) is 31.3 Å². The molecule has 0 fully saturated rings. The van der Waals surface area contributed by atoms with E-state index in [0.717, 1.165) is 62.0 Å². The summed E-state index contributed by atoms with van der Waals surface area (Å²) in [5, 5.41) is 8.76. The Morgan fingerprint density at radius 1 is 0.357 bits per heavy atom. The molecule has 0 N–H and O–H groups in total. The zero-order chi connectivity index (χ0) is 63.7. The number of aromatic nitrogens is 4. The van der Waals surface area contributed by atoms with Crippen LogP contribution in [0, 0.1) is 30.9 Å². The van der Waals surface area contributed by atoms with E-state index in [1.54, 1.807) is 0 Å². The van der Waals surface area contributed by atoms with E-state index in [-0.39, 0.29) is 84.3 Å². The van der Waals surface area contributed by atoms with Crippen molar-refractivity contribution in [2.75, 3.05) is 11.9 Å². The van der Waals surface area contributed by atoms with Crippen molar-refractivity contribution in [3.63, 3.8) is 0 Å². The summed E-state index contributed by atoms with van der Waals surface area (Å²) in [4.78, 5) is 5.41. The van der Waals surface area contributed by atoms with E-state index < -0.39 is 0 Å². The summed E-state index contributed by atoms with van der Waals surface area (Å²) in [5.41, 5.74) is 23.4. The molecule has 12 heteroatoms. The molecule has 1 aliphatic heterocycles. The van der Waals surface area contributed by atoms with E-state index in [4.69, 9.17) is 4.52 Å². The summed E-state index contributed by atoms with van der Waals surface area (Å²) >= 11 is 1.53. The molecule has 0 atom stereocenters. The number of aryl methyl sites for hydroxylation is 1. The molecule has 0 aliphatic carbocycles. The summed E-state index contributed by atoms with van der Waals surface area (Å²) < 4.78 is 12.0. The summed E-state index contributed by atoms with van der Waals surface area (Å²) in [6.07, 6.45) is 2.14. The largest absolute Gasteiger partial charge is 2.00 e. The van der Waals surface area contributed by atoms with Crippen molar-refractivity contribution in [2.24, 2.45) is 7.05 Å². The fraction of sp³-hybridized carbons (Fsp3) is 0.0233. The van der Waals surface area contributed by atoms with Crippen molar-refractivity contribution in [1.29, 1.82) is 0 Å². The predicted octanol–water partition coefficient (Wildman–Crippen LogP) is 21.7. The predicted molar refractivity (Wildman–Crippen MR) is 387 cm³/mol. The van der Waals surface area contributed by atoms with Crippen LogP contribution in [0.5, 0.6) is 0 Å². The molecule has 0 spiro atoms. The van der Waals surface area contributed by atoms with Gasteiger partial charge >= 0.3 is 63.2 Å². The van der Waals surface area contributed by atoms with Crippen molar-refractivity contribution in [3.8, 4) is 111 Å². The monoisotopic (exact) mass is 2010 g/mol. The summed E-state index contributed by atoms with van der Waals surface area (Å²) in [6, 6.07) is 127. The molecular weight excluding hydrogens is 1950 g/mol. The molecule has 1 aliphatic rings. The molecule has 12 aromatic carbocycles. The molecule has 7 nitrogen and oxygen atoms in total. The average Bonchev–Trinajstić information content (AvgIpc) is 1.60. The zero-order valence-electron chi connectivity index (χ0n) is 53.2. The Balaban J connectivity index is 0.000000151. The topological polar surface area (TPSA) is 63.2 Å². The quantitative estimate of drug-likeness (QED) is 0.114. The summed E-state index contributed by atoms with van der Waals surface area (Å²) in [7, 11) is 4.05. The first kappa shape index (κ1) is 73.0. The molecule has 4 heterocycles. The van der Waals surface area contributed by atoms with Crippen molar-refractivity contribution < 1.29 is 88.8 Å². The molecule has 15 aromatic rings. The minimum absolute atomic E-state index is 0. The van der Waals surface area contributed by atoms with Gasteiger partial charge in [-0.3, -0.25) is 4.68 Å². The number of hydrogen-bond acceptors (Lipinski definition) is 7. The zero-order valence-corrected chi connectivity index (χ0v) is 63.1. The van der Waals surface area contributed by atoms with Crippen LogP contribution in [-0.2, 0) is 91.3 Å². The maximum Gasteiger partial charge on any atom is 2.00 e. The van der Waals surface area contributed by atoms with Crippen LogP contribution >= 0.6 is 11.5 Å². The van der Waals surface area contributed by atoms with Crippen molar-refractivity contribution in [2.45, 2.75) is 0 Å². The molecule has 0 bridgehead atoms. The molecule has 3 aromatic heterocycles. The average molecular weight is 2010 g/mol. The van der Waals surface area contributed by atoms with E-state index in [9.17, 15) is 0 Å². The third kappa shape index (κ3) is 18.7. The van der Waals surface area contributed by atoms with Crippen molar-refractivity contribution in [3.05, 3.63) is 376 Å². The van der Waals surface area contributed by atoms with Crippen molar-refractivity contribution in [1.82, 2.24) is 24.2 Å². The Morgan fingerprint density at radius 3 is 1.17 bits per heavy atom. The fourth-order valence-corrected chi connectivity index (χ4v) is 11.7.